The molecule has 0 aliphatic carbocycles. The zero-order chi connectivity index (χ0) is 16.5. The molecule has 5 nitrogen and oxygen atoms in total. The van der Waals surface area contributed by atoms with Gasteiger partial charge < -0.3 is 5.73 Å². The third kappa shape index (κ3) is 3.31. The number of nitrogens with two attached hydrogens (primary N) is 1. The largest absolute Gasteiger partial charge is 0.366 e. The lowest BCUT2D eigenvalue weighted by atomic mass is 10.1. The number of hydrogen-bond acceptors (Lipinski definition) is 3. The third-order valence-electron chi connectivity index (χ3n) is 3.27. The van der Waals surface area contributed by atoms with E-state index in [0.717, 1.165) is 11.1 Å². The Balaban J connectivity index is 2.50. The second kappa shape index (κ2) is 6.10. The van der Waals surface area contributed by atoms with Crippen LogP contribution in [0.5, 0.6) is 0 Å². The van der Waals surface area contributed by atoms with Crippen molar-refractivity contribution < 1.29 is 13.2 Å². The molecule has 3 N–H and O–H groups in total. The molecule has 0 saturated carbocycles. The van der Waals surface area contributed by atoms with Crippen LogP contribution in [0.4, 0.5) is 5.69 Å². The number of primary amides is 1. The van der Waals surface area contributed by atoms with E-state index in [9.17, 15) is 13.2 Å². The molecule has 0 aliphatic heterocycles. The zero-order valence-electron chi connectivity index (χ0n) is 12.1. The quantitative estimate of drug-likeness (QED) is 0.851. The van der Waals surface area contributed by atoms with Crippen molar-refractivity contribution in [1.29, 1.82) is 0 Å². The average Bonchev–Trinajstić information content (AvgIpc) is 2.42. The number of anilines is 1. The number of halogens is 1. The molecule has 0 radical (unpaired) electrons. The summed E-state index contributed by atoms with van der Waals surface area (Å²) in [6.07, 6.45) is 0. The summed E-state index contributed by atoms with van der Waals surface area (Å²) in [5.41, 5.74) is 7.36. The molecule has 0 spiro atoms. The molecule has 0 bridgehead atoms. The van der Waals surface area contributed by atoms with Gasteiger partial charge in [-0.25, -0.2) is 8.42 Å². The number of hydrogen-bond donors (Lipinski definition) is 2. The highest BCUT2D eigenvalue weighted by Gasteiger charge is 2.21. The van der Waals surface area contributed by atoms with E-state index in [0.29, 0.717) is 4.47 Å². The van der Waals surface area contributed by atoms with Gasteiger partial charge >= 0.3 is 0 Å². The first-order valence-corrected chi connectivity index (χ1v) is 8.68. The van der Waals surface area contributed by atoms with Crippen molar-refractivity contribution in [2.24, 2.45) is 5.73 Å². The Morgan fingerprint density at radius 2 is 1.73 bits per heavy atom. The standard InChI is InChI=1S/C15H15BrN2O3S/c1-9-7-12(16)14(8-10(9)2)22(20,21)18-13-6-4-3-5-11(13)15(17)19/h3-8,18H,1-2H3,(H2,17,19). The van der Waals surface area contributed by atoms with Crippen molar-refractivity contribution in [1.82, 2.24) is 0 Å². The molecular weight excluding hydrogens is 368 g/mol. The van der Waals surface area contributed by atoms with E-state index in [1.807, 2.05) is 13.8 Å². The van der Waals surface area contributed by atoms with Gasteiger partial charge in [0.1, 0.15) is 4.90 Å². The normalized spacial score (nSPS) is 11.2. The lowest BCUT2D eigenvalue weighted by Crippen LogP contribution is -2.19. The number of carbonyl (C=O) groups is 1. The summed E-state index contributed by atoms with van der Waals surface area (Å²) in [6, 6.07) is 9.52. The van der Waals surface area contributed by atoms with E-state index < -0.39 is 15.9 Å². The van der Waals surface area contributed by atoms with Gasteiger partial charge in [0.15, 0.2) is 0 Å². The molecule has 7 heteroatoms. The van der Waals surface area contributed by atoms with Crippen LogP contribution in [-0.4, -0.2) is 14.3 Å². The minimum absolute atomic E-state index is 0.106. The molecule has 2 aromatic carbocycles. The number of carbonyl (C=O) groups excluding carboxylic acids is 1. The van der Waals surface area contributed by atoms with E-state index >= 15 is 0 Å². The highest BCUT2D eigenvalue weighted by molar-refractivity contribution is 9.10. The summed E-state index contributed by atoms with van der Waals surface area (Å²) in [6.45, 7) is 3.73. The van der Waals surface area contributed by atoms with Gasteiger partial charge in [0.25, 0.3) is 15.9 Å². The molecule has 2 aromatic rings. The number of benzene rings is 2. The molecule has 0 heterocycles. The third-order valence-corrected chi connectivity index (χ3v) is 5.60. The average molecular weight is 383 g/mol. The minimum Gasteiger partial charge on any atom is -0.366 e. The maximum absolute atomic E-state index is 12.6. The number of amides is 1. The molecule has 0 fully saturated rings. The van der Waals surface area contributed by atoms with Crippen LogP contribution in [-0.2, 0) is 10.0 Å². The smallest absolute Gasteiger partial charge is 0.263 e. The van der Waals surface area contributed by atoms with Crippen molar-refractivity contribution in [2.45, 2.75) is 18.7 Å². The topological polar surface area (TPSA) is 89.3 Å². The summed E-state index contributed by atoms with van der Waals surface area (Å²) in [4.78, 5) is 11.5. The predicted molar refractivity (Wildman–Crippen MR) is 89.4 cm³/mol. The SMILES string of the molecule is Cc1cc(Br)c(S(=O)(=O)Nc2ccccc2C(N)=O)cc1C. The monoisotopic (exact) mass is 382 g/mol. The molecule has 0 atom stereocenters. The van der Waals surface area contributed by atoms with E-state index in [-0.39, 0.29) is 16.1 Å². The molecular formula is C15H15BrN2O3S. The summed E-state index contributed by atoms with van der Waals surface area (Å²) >= 11 is 3.27. The lowest BCUT2D eigenvalue weighted by Gasteiger charge is -2.13. The summed E-state index contributed by atoms with van der Waals surface area (Å²) in [7, 11) is -3.84. The van der Waals surface area contributed by atoms with Gasteiger partial charge in [-0.2, -0.15) is 0 Å². The molecule has 0 saturated heterocycles. The molecule has 2 rings (SSSR count). The Labute approximate surface area is 137 Å². The van der Waals surface area contributed by atoms with Crippen LogP contribution in [0.1, 0.15) is 21.5 Å². The fraction of sp³-hybridized carbons (Fsp3) is 0.133. The van der Waals surface area contributed by atoms with Gasteiger partial charge in [-0.15, -0.1) is 0 Å². The van der Waals surface area contributed by atoms with Gasteiger partial charge in [0, 0.05) is 4.47 Å². The number of nitrogens with one attached hydrogen (secondary N) is 1. The Bertz CT molecular complexity index is 848. The number of aryl methyl sites for hydroxylation is 2. The van der Waals surface area contributed by atoms with Crippen LogP contribution >= 0.6 is 15.9 Å². The van der Waals surface area contributed by atoms with Crippen LogP contribution in [0.2, 0.25) is 0 Å². The molecule has 22 heavy (non-hydrogen) atoms. The first kappa shape index (κ1) is 16.5. The summed E-state index contributed by atoms with van der Waals surface area (Å²) in [5.74, 6) is -0.697. The molecule has 0 aliphatic rings. The molecule has 0 aromatic heterocycles. The van der Waals surface area contributed by atoms with Crippen molar-refractivity contribution >= 4 is 37.5 Å². The Kier molecular flexibility index (Phi) is 4.58. The van der Waals surface area contributed by atoms with Crippen molar-refractivity contribution in [2.75, 3.05) is 4.72 Å². The Morgan fingerprint density at radius 1 is 1.14 bits per heavy atom. The van der Waals surface area contributed by atoms with Gasteiger partial charge in [0.2, 0.25) is 0 Å². The highest BCUT2D eigenvalue weighted by Crippen LogP contribution is 2.28. The van der Waals surface area contributed by atoms with Crippen LogP contribution < -0.4 is 10.5 Å². The van der Waals surface area contributed by atoms with Crippen LogP contribution in [0, 0.1) is 13.8 Å². The van der Waals surface area contributed by atoms with Gasteiger partial charge in [-0.3, -0.25) is 9.52 Å². The fourth-order valence-electron chi connectivity index (χ4n) is 1.95. The minimum atomic E-state index is -3.84. The van der Waals surface area contributed by atoms with Gasteiger partial charge in [0.05, 0.1) is 11.3 Å². The maximum atomic E-state index is 12.6. The predicted octanol–water partition coefficient (Wildman–Crippen LogP) is 2.97. The van der Waals surface area contributed by atoms with Gasteiger partial charge in [-0.05, 0) is 65.2 Å². The summed E-state index contributed by atoms with van der Waals surface area (Å²) in [5, 5.41) is 0. The highest BCUT2D eigenvalue weighted by atomic mass is 79.9. The first-order valence-electron chi connectivity index (χ1n) is 6.41. The second-order valence-corrected chi connectivity index (χ2v) is 7.39. The summed E-state index contributed by atoms with van der Waals surface area (Å²) < 4.78 is 28.0. The van der Waals surface area contributed by atoms with E-state index in [1.54, 1.807) is 24.3 Å². The number of sulfonamides is 1. The maximum Gasteiger partial charge on any atom is 0.263 e. The van der Waals surface area contributed by atoms with E-state index in [1.165, 1.54) is 12.1 Å². The van der Waals surface area contributed by atoms with E-state index in [2.05, 4.69) is 20.7 Å². The van der Waals surface area contributed by atoms with Crippen molar-refractivity contribution in [3.8, 4) is 0 Å². The Hall–Kier alpha value is -1.86. The molecule has 0 unspecified atom stereocenters. The van der Waals surface area contributed by atoms with Crippen molar-refractivity contribution in [3.05, 3.63) is 57.6 Å². The van der Waals surface area contributed by atoms with Gasteiger partial charge in [-0.1, -0.05) is 12.1 Å². The zero-order valence-corrected chi connectivity index (χ0v) is 14.5. The molecule has 1 amide bonds. The number of rotatable bonds is 4. The van der Waals surface area contributed by atoms with Crippen LogP contribution in [0.3, 0.4) is 0 Å². The van der Waals surface area contributed by atoms with Crippen LogP contribution in [0.25, 0.3) is 0 Å². The Morgan fingerprint density at radius 3 is 2.36 bits per heavy atom. The fourth-order valence-corrected chi connectivity index (χ4v) is 4.27. The number of para-hydroxylation sites is 1. The molecule has 116 valence electrons. The second-order valence-electron chi connectivity index (χ2n) is 4.88. The van der Waals surface area contributed by atoms with Crippen molar-refractivity contribution in [3.63, 3.8) is 0 Å². The van der Waals surface area contributed by atoms with E-state index in [4.69, 9.17) is 5.73 Å². The van der Waals surface area contributed by atoms with Crippen LogP contribution in [0.15, 0.2) is 45.8 Å². The first-order chi connectivity index (χ1) is 10.2. The lowest BCUT2D eigenvalue weighted by molar-refractivity contribution is 0.100.